The van der Waals surface area contributed by atoms with E-state index >= 15 is 0 Å². The van der Waals surface area contributed by atoms with Crippen LogP contribution in [-0.4, -0.2) is 52.3 Å². The maximum absolute atomic E-state index is 13.9. The Labute approximate surface area is 225 Å². The quantitative estimate of drug-likeness (QED) is 0.361. The summed E-state index contributed by atoms with van der Waals surface area (Å²) in [5.41, 5.74) is 3.09. The average molecular weight is 552 g/mol. The lowest BCUT2D eigenvalue weighted by Crippen LogP contribution is -2.33. The second-order valence-electron chi connectivity index (χ2n) is 9.25. The molecule has 3 aromatic carbocycles. The molecule has 4 aromatic rings. The van der Waals surface area contributed by atoms with Crippen LogP contribution in [0.15, 0.2) is 77.8 Å². The number of thioether (sulfide) groups is 1. The van der Waals surface area contributed by atoms with E-state index < -0.39 is 10.0 Å². The molecule has 2 aliphatic rings. The lowest BCUT2D eigenvalue weighted by atomic mass is 10.2. The molecule has 0 unspecified atom stereocenters. The normalized spacial score (nSPS) is 17.1. The number of rotatable bonds is 5. The van der Waals surface area contributed by atoms with Gasteiger partial charge < -0.3 is 9.64 Å². The zero-order chi connectivity index (χ0) is 26.1. The second-order valence-corrected chi connectivity index (χ2v) is 12.4. The summed E-state index contributed by atoms with van der Waals surface area (Å²) in [4.78, 5) is 2.38. The number of anilines is 1. The Balaban J connectivity index is 1.32. The Hall–Kier alpha value is -3.41. The number of benzene rings is 3. The van der Waals surface area contributed by atoms with E-state index in [4.69, 9.17) is 4.74 Å². The Bertz CT molecular complexity index is 1550. The van der Waals surface area contributed by atoms with Crippen molar-refractivity contribution in [1.29, 1.82) is 0 Å². The Kier molecular flexibility index (Phi) is 6.81. The van der Waals surface area contributed by atoms with Gasteiger partial charge in [0.15, 0.2) is 0 Å². The van der Waals surface area contributed by atoms with Crippen LogP contribution in [0.4, 0.5) is 10.1 Å². The number of aromatic nitrogens is 3. The summed E-state index contributed by atoms with van der Waals surface area (Å²) in [5.74, 6) is 2.71. The predicted octanol–water partition coefficient (Wildman–Crippen LogP) is 4.52. The summed E-state index contributed by atoms with van der Waals surface area (Å²) in [7, 11) is -3.92. The van der Waals surface area contributed by atoms with E-state index in [1.54, 1.807) is 29.1 Å². The molecular formula is C27H26FN5O3S2. The predicted molar refractivity (Wildman–Crippen MR) is 144 cm³/mol. The third-order valence-corrected chi connectivity index (χ3v) is 9.42. The molecule has 1 fully saturated rings. The molecule has 8 nitrogen and oxygen atoms in total. The molecule has 0 radical (unpaired) electrons. The molecule has 0 bridgehead atoms. The van der Waals surface area contributed by atoms with E-state index in [2.05, 4.69) is 15.2 Å². The van der Waals surface area contributed by atoms with Crippen LogP contribution in [0.2, 0.25) is 0 Å². The van der Waals surface area contributed by atoms with Crippen molar-refractivity contribution < 1.29 is 17.5 Å². The van der Waals surface area contributed by atoms with Crippen LogP contribution in [-0.2, 0) is 29.7 Å². The zero-order valence-electron chi connectivity index (χ0n) is 20.5. The maximum atomic E-state index is 13.9. The van der Waals surface area contributed by atoms with E-state index in [-0.39, 0.29) is 23.8 Å². The van der Waals surface area contributed by atoms with Crippen molar-refractivity contribution in [2.45, 2.75) is 24.5 Å². The third-order valence-electron chi connectivity index (χ3n) is 6.64. The highest BCUT2D eigenvalue weighted by atomic mass is 32.2. The highest BCUT2D eigenvalue weighted by Crippen LogP contribution is 2.39. The molecule has 0 saturated carbocycles. The van der Waals surface area contributed by atoms with Crippen LogP contribution >= 0.6 is 11.8 Å². The Morgan fingerprint density at radius 3 is 2.55 bits per heavy atom. The van der Waals surface area contributed by atoms with Crippen LogP contribution < -0.4 is 9.64 Å². The first-order valence-corrected chi connectivity index (χ1v) is 14.9. The molecule has 0 amide bonds. The monoisotopic (exact) mass is 551 g/mol. The van der Waals surface area contributed by atoms with Crippen molar-refractivity contribution in [3.63, 3.8) is 0 Å². The number of sulfonamides is 1. The van der Waals surface area contributed by atoms with Crippen molar-refractivity contribution in [3.05, 3.63) is 95.6 Å². The lowest BCUT2D eigenvalue weighted by Gasteiger charge is -2.30. The smallest absolute Gasteiger partial charge is 0.247 e. The third kappa shape index (κ3) is 5.13. The summed E-state index contributed by atoms with van der Waals surface area (Å²) in [5, 5.41) is 8.38. The standard InChI is InChI=1S/C27H26FN5O3S2/c28-22-7-5-20(6-8-22)16-32-18-23(29-30-32)19-33-17-21-3-1-2-4-25(21)36-26-15-24(31-11-13-37-14-12-31)9-10-27(26)38(33,34)35/h1-10,15,18H,11-14,16-17,19H2. The molecule has 0 aliphatic carbocycles. The summed E-state index contributed by atoms with van der Waals surface area (Å²) < 4.78 is 50.4. The minimum Gasteiger partial charge on any atom is -0.456 e. The van der Waals surface area contributed by atoms with Gasteiger partial charge in [0.1, 0.15) is 22.2 Å². The average Bonchev–Trinajstić information content (AvgIpc) is 3.37. The van der Waals surface area contributed by atoms with E-state index in [1.807, 2.05) is 48.2 Å². The molecule has 2 aliphatic heterocycles. The largest absolute Gasteiger partial charge is 0.456 e. The SMILES string of the molecule is O=S1(=O)c2ccc(N3CCSCC3)cc2Oc2ccccc2CN1Cc1cn(Cc2ccc(F)cc2)nn1. The van der Waals surface area contributed by atoms with Gasteiger partial charge in [-0.3, -0.25) is 0 Å². The van der Waals surface area contributed by atoms with E-state index in [1.165, 1.54) is 16.4 Å². The van der Waals surface area contributed by atoms with Gasteiger partial charge in [0, 0.05) is 48.5 Å². The van der Waals surface area contributed by atoms with Crippen molar-refractivity contribution in [2.75, 3.05) is 29.5 Å². The van der Waals surface area contributed by atoms with Crippen molar-refractivity contribution >= 4 is 27.5 Å². The van der Waals surface area contributed by atoms with Gasteiger partial charge in [-0.2, -0.15) is 16.1 Å². The first-order valence-electron chi connectivity index (χ1n) is 12.3. The van der Waals surface area contributed by atoms with Gasteiger partial charge in [-0.05, 0) is 35.9 Å². The van der Waals surface area contributed by atoms with Gasteiger partial charge in [-0.1, -0.05) is 35.5 Å². The number of nitrogens with zero attached hydrogens (tertiary/aromatic N) is 5. The van der Waals surface area contributed by atoms with Crippen molar-refractivity contribution in [3.8, 4) is 11.5 Å². The van der Waals surface area contributed by atoms with Crippen LogP contribution in [0.1, 0.15) is 16.8 Å². The summed E-state index contributed by atoms with van der Waals surface area (Å²) >= 11 is 1.92. The van der Waals surface area contributed by atoms with E-state index in [9.17, 15) is 12.8 Å². The molecule has 6 rings (SSSR count). The number of fused-ring (bicyclic) bond motifs is 2. The van der Waals surface area contributed by atoms with E-state index in [0.29, 0.717) is 23.7 Å². The van der Waals surface area contributed by atoms with Gasteiger partial charge >= 0.3 is 0 Å². The molecule has 196 valence electrons. The molecule has 1 saturated heterocycles. The van der Waals surface area contributed by atoms with Gasteiger partial charge in [-0.25, -0.2) is 17.5 Å². The van der Waals surface area contributed by atoms with Crippen molar-refractivity contribution in [1.82, 2.24) is 19.3 Å². The minimum atomic E-state index is -3.92. The summed E-state index contributed by atoms with van der Waals surface area (Å²) in [6, 6.07) is 19.0. The number of halogens is 1. The molecule has 0 N–H and O–H groups in total. The van der Waals surface area contributed by atoms with Crippen LogP contribution in [0.3, 0.4) is 0 Å². The molecule has 3 heterocycles. The maximum Gasteiger partial charge on any atom is 0.247 e. The fraction of sp³-hybridized carbons (Fsp3) is 0.259. The highest BCUT2D eigenvalue weighted by Gasteiger charge is 2.33. The molecule has 0 atom stereocenters. The lowest BCUT2D eigenvalue weighted by molar-refractivity contribution is 0.371. The number of hydrogen-bond acceptors (Lipinski definition) is 7. The van der Waals surface area contributed by atoms with Gasteiger partial charge in [-0.15, -0.1) is 5.10 Å². The Morgan fingerprint density at radius 1 is 0.947 bits per heavy atom. The van der Waals surface area contributed by atoms with Crippen LogP contribution in [0.5, 0.6) is 11.5 Å². The topological polar surface area (TPSA) is 80.6 Å². The second kappa shape index (κ2) is 10.4. The van der Waals surface area contributed by atoms with Crippen LogP contribution in [0.25, 0.3) is 0 Å². The first-order chi connectivity index (χ1) is 18.5. The van der Waals surface area contributed by atoms with Gasteiger partial charge in [0.25, 0.3) is 0 Å². The number of hydrogen-bond donors (Lipinski definition) is 0. The van der Waals surface area contributed by atoms with Crippen molar-refractivity contribution in [2.24, 2.45) is 0 Å². The molecule has 38 heavy (non-hydrogen) atoms. The molecule has 0 spiro atoms. The zero-order valence-corrected chi connectivity index (χ0v) is 22.2. The highest BCUT2D eigenvalue weighted by molar-refractivity contribution is 7.99. The Morgan fingerprint density at radius 2 is 1.74 bits per heavy atom. The fourth-order valence-corrected chi connectivity index (χ4v) is 7.05. The van der Waals surface area contributed by atoms with Crippen LogP contribution in [0, 0.1) is 5.82 Å². The molecule has 11 heteroatoms. The van der Waals surface area contributed by atoms with E-state index in [0.717, 1.165) is 41.4 Å². The number of para-hydroxylation sites is 1. The summed E-state index contributed by atoms with van der Waals surface area (Å²) in [6.07, 6.45) is 1.72. The fourth-order valence-electron chi connectivity index (χ4n) is 4.66. The van der Waals surface area contributed by atoms with Gasteiger partial charge in [0.05, 0.1) is 25.0 Å². The molecule has 1 aromatic heterocycles. The van der Waals surface area contributed by atoms with Gasteiger partial charge in [0.2, 0.25) is 10.0 Å². The summed E-state index contributed by atoms with van der Waals surface area (Å²) in [6.45, 7) is 2.40. The number of ether oxygens (including phenoxy) is 1. The first kappa shape index (κ1) is 24.9. The minimum absolute atomic E-state index is 0.0463. The molecular weight excluding hydrogens is 525 g/mol.